The Morgan fingerprint density at radius 1 is 1.25 bits per heavy atom. The minimum Gasteiger partial charge on any atom is -0.294 e. The van der Waals surface area contributed by atoms with Gasteiger partial charge in [0.1, 0.15) is 0 Å². The van der Waals surface area contributed by atoms with Crippen molar-refractivity contribution >= 4 is 0 Å². The summed E-state index contributed by atoms with van der Waals surface area (Å²) in [6, 6.07) is 6.87. The van der Waals surface area contributed by atoms with E-state index >= 15 is 0 Å². The number of pyridine rings is 1. The van der Waals surface area contributed by atoms with E-state index in [4.69, 9.17) is 0 Å². The molecule has 16 heavy (non-hydrogen) atoms. The molecule has 0 unspecified atom stereocenters. The van der Waals surface area contributed by atoms with Crippen LogP contribution in [0.4, 0.5) is 0 Å². The number of aromatic nitrogens is 3. The zero-order chi connectivity index (χ0) is 11.5. The molecule has 0 amide bonds. The third-order valence-electron chi connectivity index (χ3n) is 2.32. The molecule has 5 nitrogen and oxygen atoms in total. The molecule has 2 aromatic rings. The van der Waals surface area contributed by atoms with E-state index in [0.29, 0.717) is 6.54 Å². The van der Waals surface area contributed by atoms with Gasteiger partial charge in [0.15, 0.2) is 0 Å². The minimum atomic E-state index is -0.335. The number of hydrogen-bond acceptors (Lipinski definition) is 3. The van der Waals surface area contributed by atoms with E-state index in [-0.39, 0.29) is 11.2 Å². The summed E-state index contributed by atoms with van der Waals surface area (Å²) in [6.45, 7) is 0.369. The molecule has 82 valence electrons. The largest absolute Gasteiger partial charge is 0.331 e. The van der Waals surface area contributed by atoms with Crippen LogP contribution in [-0.2, 0) is 13.6 Å². The normalized spacial score (nSPS) is 10.3. The Morgan fingerprint density at radius 3 is 2.75 bits per heavy atom. The number of nitrogens with zero attached hydrogens (tertiary/aromatic N) is 3. The summed E-state index contributed by atoms with van der Waals surface area (Å²) in [4.78, 5) is 27.0. The van der Waals surface area contributed by atoms with Gasteiger partial charge in [-0.15, -0.1) is 0 Å². The zero-order valence-corrected chi connectivity index (χ0v) is 8.83. The number of hydrogen-bond donors (Lipinski definition) is 0. The van der Waals surface area contributed by atoms with Crippen LogP contribution in [0.25, 0.3) is 0 Å². The summed E-state index contributed by atoms with van der Waals surface area (Å²) in [5.74, 6) is 0. The van der Waals surface area contributed by atoms with E-state index in [0.717, 1.165) is 10.3 Å². The van der Waals surface area contributed by atoms with E-state index in [1.165, 1.54) is 23.9 Å². The van der Waals surface area contributed by atoms with E-state index in [9.17, 15) is 9.59 Å². The Balaban J connectivity index is 2.41. The summed E-state index contributed by atoms with van der Waals surface area (Å²) >= 11 is 0. The van der Waals surface area contributed by atoms with Crippen molar-refractivity contribution in [3.63, 3.8) is 0 Å². The van der Waals surface area contributed by atoms with Crippen LogP contribution in [0.3, 0.4) is 0 Å². The van der Waals surface area contributed by atoms with Crippen molar-refractivity contribution in [2.45, 2.75) is 6.54 Å². The molecule has 0 aliphatic rings. The second kappa shape index (κ2) is 4.14. The minimum absolute atomic E-state index is 0.303. The predicted molar refractivity (Wildman–Crippen MR) is 59.3 cm³/mol. The van der Waals surface area contributed by atoms with Crippen molar-refractivity contribution in [1.82, 2.24) is 14.1 Å². The van der Waals surface area contributed by atoms with Gasteiger partial charge in [-0.2, -0.15) is 0 Å². The molecular weight excluding hydrogens is 206 g/mol. The highest BCUT2D eigenvalue weighted by atomic mass is 16.2. The highest BCUT2D eigenvalue weighted by Crippen LogP contribution is 1.94. The van der Waals surface area contributed by atoms with Crippen LogP contribution in [0.5, 0.6) is 0 Å². The summed E-state index contributed by atoms with van der Waals surface area (Å²) < 4.78 is 2.52. The van der Waals surface area contributed by atoms with Gasteiger partial charge in [0.25, 0.3) is 5.56 Å². The van der Waals surface area contributed by atoms with Gasteiger partial charge in [-0.25, -0.2) is 4.79 Å². The smallest absolute Gasteiger partial charge is 0.294 e. The molecule has 0 N–H and O–H groups in total. The maximum Gasteiger partial charge on any atom is 0.331 e. The first-order chi connectivity index (χ1) is 7.68. The standard InChI is InChI=1S/C11H11N3O2/c1-13-10(15)5-7-14(11(13)16)8-9-4-2-3-6-12-9/h2-7H,8H2,1H3. The summed E-state index contributed by atoms with van der Waals surface area (Å²) in [5, 5.41) is 0. The van der Waals surface area contributed by atoms with Crippen molar-refractivity contribution in [3.05, 3.63) is 63.2 Å². The van der Waals surface area contributed by atoms with Gasteiger partial charge < -0.3 is 0 Å². The molecule has 2 rings (SSSR count). The van der Waals surface area contributed by atoms with Crippen molar-refractivity contribution in [3.8, 4) is 0 Å². The maximum absolute atomic E-state index is 11.7. The Kier molecular flexibility index (Phi) is 2.68. The van der Waals surface area contributed by atoms with Gasteiger partial charge in [0.05, 0.1) is 12.2 Å². The zero-order valence-electron chi connectivity index (χ0n) is 8.83. The molecule has 0 spiro atoms. The fourth-order valence-corrected chi connectivity index (χ4v) is 1.40. The lowest BCUT2D eigenvalue weighted by molar-refractivity contribution is 0.638. The SMILES string of the molecule is Cn1c(=O)ccn(Cc2ccccn2)c1=O. The van der Waals surface area contributed by atoms with Crippen molar-refractivity contribution in [2.24, 2.45) is 7.05 Å². The third kappa shape index (κ3) is 1.93. The van der Waals surface area contributed by atoms with Gasteiger partial charge in [0, 0.05) is 25.5 Å². The Hall–Kier alpha value is -2.17. The molecule has 0 bridgehead atoms. The average Bonchev–Trinajstić information content (AvgIpc) is 2.31. The quantitative estimate of drug-likeness (QED) is 0.711. The van der Waals surface area contributed by atoms with Crippen LogP contribution < -0.4 is 11.2 Å². The van der Waals surface area contributed by atoms with Crippen LogP contribution >= 0.6 is 0 Å². The fourth-order valence-electron chi connectivity index (χ4n) is 1.40. The molecule has 0 saturated carbocycles. The van der Waals surface area contributed by atoms with Gasteiger partial charge in [-0.1, -0.05) is 6.07 Å². The second-order valence-electron chi connectivity index (χ2n) is 3.44. The van der Waals surface area contributed by atoms with Crippen LogP contribution in [0.2, 0.25) is 0 Å². The molecule has 0 atom stereocenters. The molecule has 0 saturated heterocycles. The first-order valence-corrected chi connectivity index (χ1v) is 4.85. The Bertz CT molecular complexity index is 599. The van der Waals surface area contributed by atoms with Crippen LogP contribution in [0.15, 0.2) is 46.2 Å². The Morgan fingerprint density at radius 2 is 2.06 bits per heavy atom. The van der Waals surface area contributed by atoms with Crippen molar-refractivity contribution < 1.29 is 0 Å². The summed E-state index contributed by atoms with van der Waals surface area (Å²) in [5.41, 5.74) is 0.142. The number of rotatable bonds is 2. The van der Waals surface area contributed by atoms with Crippen molar-refractivity contribution in [2.75, 3.05) is 0 Å². The average molecular weight is 217 g/mol. The summed E-state index contributed by atoms with van der Waals surface area (Å²) in [6.07, 6.45) is 3.15. The van der Waals surface area contributed by atoms with Gasteiger partial charge in [0.2, 0.25) is 0 Å². The molecular formula is C11H11N3O2. The van der Waals surface area contributed by atoms with Gasteiger partial charge in [-0.3, -0.25) is 18.9 Å². The predicted octanol–water partition coefficient (Wildman–Crippen LogP) is -0.00970. The first kappa shape index (κ1) is 10.4. The summed E-state index contributed by atoms with van der Waals surface area (Å²) in [7, 11) is 1.46. The van der Waals surface area contributed by atoms with Crippen LogP contribution in [-0.4, -0.2) is 14.1 Å². The topological polar surface area (TPSA) is 56.9 Å². The lowest BCUT2D eigenvalue weighted by Gasteiger charge is -2.05. The van der Waals surface area contributed by atoms with Crippen LogP contribution in [0.1, 0.15) is 5.69 Å². The third-order valence-corrected chi connectivity index (χ3v) is 2.32. The molecule has 0 aliphatic carbocycles. The van der Waals surface area contributed by atoms with E-state index < -0.39 is 0 Å². The van der Waals surface area contributed by atoms with Gasteiger partial charge >= 0.3 is 5.69 Å². The molecule has 5 heteroatoms. The van der Waals surface area contributed by atoms with Crippen LogP contribution in [0, 0.1) is 0 Å². The van der Waals surface area contributed by atoms with E-state index in [2.05, 4.69) is 4.98 Å². The molecule has 2 heterocycles. The Labute approximate surface area is 91.6 Å². The molecule has 0 aromatic carbocycles. The molecule has 2 aromatic heterocycles. The monoisotopic (exact) mass is 217 g/mol. The van der Waals surface area contributed by atoms with E-state index in [1.54, 1.807) is 6.20 Å². The van der Waals surface area contributed by atoms with Gasteiger partial charge in [-0.05, 0) is 12.1 Å². The molecule has 0 radical (unpaired) electrons. The highest BCUT2D eigenvalue weighted by molar-refractivity contribution is 5.04. The van der Waals surface area contributed by atoms with E-state index in [1.807, 2.05) is 18.2 Å². The highest BCUT2D eigenvalue weighted by Gasteiger charge is 2.01. The fraction of sp³-hybridized carbons (Fsp3) is 0.182. The molecule has 0 fully saturated rings. The lowest BCUT2D eigenvalue weighted by Crippen LogP contribution is -2.37. The molecule has 0 aliphatic heterocycles. The first-order valence-electron chi connectivity index (χ1n) is 4.85. The van der Waals surface area contributed by atoms with Crippen molar-refractivity contribution in [1.29, 1.82) is 0 Å². The second-order valence-corrected chi connectivity index (χ2v) is 3.44. The maximum atomic E-state index is 11.7. The lowest BCUT2D eigenvalue weighted by atomic mass is 10.3.